The minimum absolute atomic E-state index is 0.0610. The molecular weight excluding hydrogens is 584 g/mol. The number of morpholine rings is 1. The first-order valence-electron chi connectivity index (χ1n) is 14.3. The number of benzene rings is 2. The van der Waals surface area contributed by atoms with Crippen molar-refractivity contribution in [3.8, 4) is 28.5 Å². The number of nitrogens with two attached hydrogens (primary N) is 1. The van der Waals surface area contributed by atoms with E-state index >= 15 is 0 Å². The molecule has 0 unspecified atom stereocenters. The summed E-state index contributed by atoms with van der Waals surface area (Å²) in [6, 6.07) is 12.1. The molecule has 1 saturated carbocycles. The Balaban J connectivity index is 1.40. The largest absolute Gasteiger partial charge is 0.491 e. The Hall–Kier alpha value is -4.07. The highest BCUT2D eigenvalue weighted by Gasteiger charge is 2.41. The molecule has 3 N–H and O–H groups in total. The fourth-order valence-electron chi connectivity index (χ4n) is 5.25. The van der Waals surface area contributed by atoms with Crippen LogP contribution in [0.5, 0.6) is 17.4 Å². The van der Waals surface area contributed by atoms with E-state index in [0.717, 1.165) is 37.9 Å². The number of hydrogen-bond acceptors (Lipinski definition) is 8. The van der Waals surface area contributed by atoms with Gasteiger partial charge in [0.2, 0.25) is 5.88 Å². The average Bonchev–Trinajstić information content (AvgIpc) is 2.99. The highest BCUT2D eigenvalue weighted by Crippen LogP contribution is 2.33. The number of carbonyl (C=O) groups is 2. The number of alkyl halides is 3. The van der Waals surface area contributed by atoms with E-state index in [9.17, 15) is 27.2 Å². The van der Waals surface area contributed by atoms with Crippen LogP contribution in [0.25, 0.3) is 11.1 Å². The molecule has 2 aromatic carbocycles. The first kappa shape index (κ1) is 31.4. The molecule has 2 heterocycles. The number of esters is 1. The number of amides is 1. The second-order valence-electron chi connectivity index (χ2n) is 10.8. The molecule has 2 aliphatic rings. The summed E-state index contributed by atoms with van der Waals surface area (Å²) in [5.41, 5.74) is 7.82. The number of nitrogens with one attached hydrogen (secondary N) is 1. The quantitative estimate of drug-likeness (QED) is 0.207. The summed E-state index contributed by atoms with van der Waals surface area (Å²) >= 11 is 0. The van der Waals surface area contributed by atoms with Crippen molar-refractivity contribution in [3.05, 3.63) is 71.7 Å². The van der Waals surface area contributed by atoms with Gasteiger partial charge in [0.05, 0.1) is 19.4 Å². The van der Waals surface area contributed by atoms with Crippen LogP contribution in [0, 0.1) is 5.82 Å². The lowest BCUT2D eigenvalue weighted by atomic mass is 9.91. The summed E-state index contributed by atoms with van der Waals surface area (Å²) in [5.74, 6) is -3.54. The van der Waals surface area contributed by atoms with Crippen LogP contribution in [0.1, 0.15) is 41.6 Å². The molecular formula is C31H32F4N4O5. The molecule has 0 atom stereocenters. The van der Waals surface area contributed by atoms with Gasteiger partial charge in [0, 0.05) is 31.7 Å². The maximum absolute atomic E-state index is 14.2. The first-order valence-corrected chi connectivity index (χ1v) is 14.3. The summed E-state index contributed by atoms with van der Waals surface area (Å²) < 4.78 is 68.7. The molecule has 1 aliphatic carbocycles. The Morgan fingerprint density at radius 2 is 1.77 bits per heavy atom. The SMILES string of the molecule is NC1CCC(NC(=O)c2cc(F)cnc2Oc2cccc(-c3ccc(OC(=O)C(F)(F)F)cc3CN3CCOCC3)c2)CC1. The molecule has 13 heteroatoms. The Morgan fingerprint density at radius 1 is 1.02 bits per heavy atom. The molecule has 1 aliphatic heterocycles. The van der Waals surface area contributed by atoms with Gasteiger partial charge in [0.1, 0.15) is 22.9 Å². The Kier molecular flexibility index (Phi) is 9.77. The fraction of sp³-hybridized carbons (Fsp3) is 0.387. The third-order valence-corrected chi connectivity index (χ3v) is 7.55. The van der Waals surface area contributed by atoms with E-state index < -0.39 is 23.9 Å². The number of aromatic nitrogens is 1. The molecule has 234 valence electrons. The van der Waals surface area contributed by atoms with Gasteiger partial charge in [0.25, 0.3) is 5.91 Å². The summed E-state index contributed by atoms with van der Waals surface area (Å²) in [4.78, 5) is 30.7. The predicted molar refractivity (Wildman–Crippen MR) is 152 cm³/mol. The molecule has 1 saturated heterocycles. The molecule has 1 aromatic heterocycles. The van der Waals surface area contributed by atoms with Crippen molar-refractivity contribution in [1.29, 1.82) is 0 Å². The van der Waals surface area contributed by atoms with Crippen LogP contribution in [-0.2, 0) is 16.1 Å². The van der Waals surface area contributed by atoms with Crippen LogP contribution in [0.2, 0.25) is 0 Å². The van der Waals surface area contributed by atoms with Gasteiger partial charge in [-0.15, -0.1) is 0 Å². The van der Waals surface area contributed by atoms with E-state index in [1.807, 2.05) is 0 Å². The number of pyridine rings is 1. The van der Waals surface area contributed by atoms with Gasteiger partial charge in [-0.1, -0.05) is 18.2 Å². The summed E-state index contributed by atoms with van der Waals surface area (Å²) in [6.07, 6.45) is -1.19. The number of halogens is 4. The molecule has 2 fully saturated rings. The molecule has 0 radical (unpaired) electrons. The molecule has 3 aromatic rings. The number of hydrogen-bond donors (Lipinski definition) is 2. The Labute approximate surface area is 251 Å². The zero-order valence-corrected chi connectivity index (χ0v) is 23.7. The van der Waals surface area contributed by atoms with Gasteiger partial charge in [-0.25, -0.2) is 14.2 Å². The van der Waals surface area contributed by atoms with E-state index in [1.54, 1.807) is 30.3 Å². The standard InChI is InChI=1S/C31H32F4N4O5/c32-21-16-27(28(40)38-23-6-4-22(36)5-7-23)29(37-17-21)43-24-3-1-2-19(14-24)26-9-8-25(44-30(41)31(33,34)35)15-20(26)18-39-10-12-42-13-11-39/h1-3,8-9,14-17,22-23H,4-7,10-13,18,36H2,(H,38,40). The molecule has 0 spiro atoms. The van der Waals surface area contributed by atoms with Gasteiger partial charge >= 0.3 is 12.1 Å². The van der Waals surface area contributed by atoms with Gasteiger partial charge in [-0.05, 0) is 72.7 Å². The molecule has 5 rings (SSSR count). The third kappa shape index (κ3) is 8.10. The number of nitrogens with zero attached hydrogens (tertiary/aromatic N) is 2. The van der Waals surface area contributed by atoms with E-state index in [0.29, 0.717) is 55.3 Å². The van der Waals surface area contributed by atoms with E-state index in [2.05, 4.69) is 19.9 Å². The highest BCUT2D eigenvalue weighted by molar-refractivity contribution is 5.96. The van der Waals surface area contributed by atoms with Crippen molar-refractivity contribution in [3.63, 3.8) is 0 Å². The second kappa shape index (κ2) is 13.7. The lowest BCUT2D eigenvalue weighted by Crippen LogP contribution is -2.40. The smallest absolute Gasteiger partial charge is 0.438 e. The van der Waals surface area contributed by atoms with Crippen molar-refractivity contribution in [1.82, 2.24) is 15.2 Å². The average molecular weight is 617 g/mol. The maximum Gasteiger partial charge on any atom is 0.491 e. The van der Waals surface area contributed by atoms with Crippen LogP contribution < -0.4 is 20.5 Å². The van der Waals surface area contributed by atoms with Gasteiger partial charge in [0.15, 0.2) is 0 Å². The maximum atomic E-state index is 14.2. The van der Waals surface area contributed by atoms with E-state index in [1.165, 1.54) is 12.1 Å². The van der Waals surface area contributed by atoms with Crippen LogP contribution in [0.4, 0.5) is 17.6 Å². The van der Waals surface area contributed by atoms with Crippen molar-refractivity contribution >= 4 is 11.9 Å². The second-order valence-corrected chi connectivity index (χ2v) is 10.8. The van der Waals surface area contributed by atoms with Crippen molar-refractivity contribution in [2.45, 2.75) is 50.5 Å². The Morgan fingerprint density at radius 3 is 2.50 bits per heavy atom. The molecule has 44 heavy (non-hydrogen) atoms. The summed E-state index contributed by atoms with van der Waals surface area (Å²) in [5, 5.41) is 2.92. The zero-order chi connectivity index (χ0) is 31.3. The van der Waals surface area contributed by atoms with Gasteiger partial charge in [-0.2, -0.15) is 13.2 Å². The van der Waals surface area contributed by atoms with E-state index in [4.69, 9.17) is 15.2 Å². The normalized spacial score (nSPS) is 19.3. The third-order valence-electron chi connectivity index (χ3n) is 7.55. The van der Waals surface area contributed by atoms with Gasteiger partial charge in [-0.3, -0.25) is 9.69 Å². The van der Waals surface area contributed by atoms with Crippen molar-refractivity contribution in [2.75, 3.05) is 26.3 Å². The van der Waals surface area contributed by atoms with Crippen LogP contribution in [-0.4, -0.2) is 66.3 Å². The number of ether oxygens (including phenoxy) is 3. The van der Waals surface area contributed by atoms with Crippen LogP contribution in [0.15, 0.2) is 54.7 Å². The Bertz CT molecular complexity index is 1490. The topological polar surface area (TPSA) is 116 Å². The lowest BCUT2D eigenvalue weighted by Gasteiger charge is -2.27. The van der Waals surface area contributed by atoms with Crippen LogP contribution in [0.3, 0.4) is 0 Å². The molecule has 0 bridgehead atoms. The summed E-state index contributed by atoms with van der Waals surface area (Å²) in [6.45, 7) is 2.61. The minimum Gasteiger partial charge on any atom is -0.438 e. The van der Waals surface area contributed by atoms with Crippen molar-refractivity contribution < 1.29 is 41.4 Å². The van der Waals surface area contributed by atoms with Crippen LogP contribution >= 0.6 is 0 Å². The number of carbonyl (C=O) groups excluding carboxylic acids is 2. The number of rotatable bonds is 8. The predicted octanol–water partition coefficient (Wildman–Crippen LogP) is 4.98. The van der Waals surface area contributed by atoms with E-state index in [-0.39, 0.29) is 29.3 Å². The molecule has 1 amide bonds. The van der Waals surface area contributed by atoms with Crippen molar-refractivity contribution in [2.24, 2.45) is 5.73 Å². The highest BCUT2D eigenvalue weighted by atomic mass is 19.4. The minimum atomic E-state index is -5.14. The first-order chi connectivity index (χ1) is 21.0. The fourth-order valence-corrected chi connectivity index (χ4v) is 5.25. The lowest BCUT2D eigenvalue weighted by molar-refractivity contribution is -0.189. The molecule has 9 nitrogen and oxygen atoms in total. The monoisotopic (exact) mass is 616 g/mol. The summed E-state index contributed by atoms with van der Waals surface area (Å²) in [7, 11) is 0. The van der Waals surface area contributed by atoms with Gasteiger partial charge < -0.3 is 25.3 Å². The zero-order valence-electron chi connectivity index (χ0n) is 23.7.